The van der Waals surface area contributed by atoms with Crippen LogP contribution in [0, 0.1) is 29.1 Å². The Morgan fingerprint density at radius 2 is 1.94 bits per heavy atom. The number of alkyl halides is 2. The summed E-state index contributed by atoms with van der Waals surface area (Å²) in [4.78, 5) is 17.3. The Labute approximate surface area is 195 Å². The number of rotatable bonds is 5. The first kappa shape index (κ1) is 22.6. The van der Waals surface area contributed by atoms with Gasteiger partial charge in [0, 0.05) is 36.5 Å². The predicted octanol–water partition coefficient (Wildman–Crippen LogP) is 1.76. The van der Waals surface area contributed by atoms with E-state index in [1.807, 2.05) is 0 Å². The number of nitrogens with zero attached hydrogens (tertiary/aromatic N) is 2. The van der Waals surface area contributed by atoms with E-state index < -0.39 is 17.5 Å². The number of hydrogen-bond acceptors (Lipinski definition) is 6. The summed E-state index contributed by atoms with van der Waals surface area (Å²) in [5.41, 5.74) is 4.49. The summed E-state index contributed by atoms with van der Waals surface area (Å²) in [5, 5.41) is 3.79. The molecule has 0 aromatic carbocycles. The summed E-state index contributed by atoms with van der Waals surface area (Å²) in [7, 11) is 1.72. The maximum Gasteiger partial charge on any atom is 0.287 e. The van der Waals surface area contributed by atoms with Gasteiger partial charge in [0.25, 0.3) is 5.92 Å². The fraction of sp³-hybridized carbons (Fsp3) is 0.958. The number of halogens is 2. The molecule has 2 aliphatic carbocycles. The molecule has 0 aromatic rings. The van der Waals surface area contributed by atoms with E-state index in [1.165, 1.54) is 12.8 Å². The topological polar surface area (TPSA) is 68.9 Å². The van der Waals surface area contributed by atoms with Gasteiger partial charge in [-0.2, -0.15) is 0 Å². The number of fused-ring (bicyclic) bond motifs is 1. The number of hydrazine groups is 1. The quantitative estimate of drug-likeness (QED) is 0.573. The average Bonchev–Trinajstić information content (AvgIpc) is 3.42. The molecule has 9 heteroatoms. The Morgan fingerprint density at radius 3 is 2.58 bits per heavy atom. The van der Waals surface area contributed by atoms with Gasteiger partial charge in [0.1, 0.15) is 6.17 Å². The number of ether oxygens (including phenoxy) is 1. The minimum absolute atomic E-state index is 0.0812. The normalized spacial score (nSPS) is 44.1. The van der Waals surface area contributed by atoms with Crippen LogP contribution in [0.5, 0.6) is 0 Å². The second-order valence-corrected chi connectivity index (χ2v) is 11.9. The summed E-state index contributed by atoms with van der Waals surface area (Å²) in [6.07, 6.45) is 5.70. The summed E-state index contributed by atoms with van der Waals surface area (Å²) in [6.45, 7) is 3.60. The van der Waals surface area contributed by atoms with Crippen LogP contribution >= 0.6 is 0 Å². The first-order valence-electron chi connectivity index (χ1n) is 13.0. The predicted molar refractivity (Wildman–Crippen MR) is 119 cm³/mol. The lowest BCUT2D eigenvalue weighted by atomic mass is 9.62. The molecule has 7 nitrogen and oxygen atoms in total. The number of nitrogens with one attached hydrogen (secondary N) is 3. The molecule has 1 amide bonds. The highest BCUT2D eigenvalue weighted by molar-refractivity contribution is 5.82. The van der Waals surface area contributed by atoms with Crippen LogP contribution < -0.4 is 16.2 Å². The van der Waals surface area contributed by atoms with Crippen molar-refractivity contribution in [3.63, 3.8) is 0 Å². The third kappa shape index (κ3) is 3.48. The first-order valence-corrected chi connectivity index (χ1v) is 13.0. The van der Waals surface area contributed by atoms with Crippen LogP contribution in [0.2, 0.25) is 0 Å². The van der Waals surface area contributed by atoms with Crippen molar-refractivity contribution < 1.29 is 18.3 Å². The molecule has 186 valence electrons. The van der Waals surface area contributed by atoms with E-state index in [2.05, 4.69) is 28.0 Å². The number of amides is 1. The van der Waals surface area contributed by atoms with Gasteiger partial charge >= 0.3 is 0 Å². The summed E-state index contributed by atoms with van der Waals surface area (Å²) in [6, 6.07) is 0.899. The van der Waals surface area contributed by atoms with Gasteiger partial charge in [-0.25, -0.2) is 19.6 Å². The molecule has 2 saturated carbocycles. The van der Waals surface area contributed by atoms with Gasteiger partial charge in [-0.15, -0.1) is 0 Å². The van der Waals surface area contributed by atoms with Crippen molar-refractivity contribution in [3.05, 3.63) is 0 Å². The van der Waals surface area contributed by atoms with Gasteiger partial charge in [-0.3, -0.25) is 9.69 Å². The molecule has 4 aliphatic heterocycles. The Balaban J connectivity index is 1.20. The first-order chi connectivity index (χ1) is 15.8. The van der Waals surface area contributed by atoms with Crippen molar-refractivity contribution in [2.24, 2.45) is 29.1 Å². The van der Waals surface area contributed by atoms with E-state index in [9.17, 15) is 4.79 Å². The van der Waals surface area contributed by atoms with Crippen LogP contribution in [0.25, 0.3) is 0 Å². The number of likely N-dealkylation sites (tertiary alicyclic amines) is 1. The molecule has 0 spiro atoms. The van der Waals surface area contributed by atoms with E-state index in [0.29, 0.717) is 37.0 Å². The fourth-order valence-corrected chi connectivity index (χ4v) is 7.73. The Hall–Kier alpha value is -0.870. The molecule has 7 atom stereocenters. The third-order valence-electron chi connectivity index (χ3n) is 9.80. The summed E-state index contributed by atoms with van der Waals surface area (Å²) < 4.78 is 37.4. The smallest absolute Gasteiger partial charge is 0.287 e. The van der Waals surface area contributed by atoms with Crippen LogP contribution in [0.3, 0.4) is 0 Å². The average molecular weight is 468 g/mol. The minimum Gasteiger partial charge on any atom is -0.380 e. The molecule has 6 fully saturated rings. The lowest BCUT2D eigenvalue weighted by molar-refractivity contribution is -0.292. The van der Waals surface area contributed by atoms with Gasteiger partial charge in [0.05, 0.1) is 25.3 Å². The highest BCUT2D eigenvalue weighted by atomic mass is 19.3. The molecular formula is C24H39F2N5O2. The largest absolute Gasteiger partial charge is 0.380 e. The van der Waals surface area contributed by atoms with Gasteiger partial charge in [0.2, 0.25) is 5.91 Å². The van der Waals surface area contributed by atoms with Gasteiger partial charge in [-0.05, 0) is 64.3 Å². The second kappa shape index (κ2) is 8.08. The number of piperidine rings is 1. The van der Waals surface area contributed by atoms with Crippen molar-refractivity contribution in [2.45, 2.75) is 82.1 Å². The molecule has 0 bridgehead atoms. The van der Waals surface area contributed by atoms with Crippen LogP contribution in [-0.2, 0) is 9.53 Å². The zero-order valence-corrected chi connectivity index (χ0v) is 19.9. The monoisotopic (exact) mass is 467 g/mol. The number of hydrogen-bond donors (Lipinski definition) is 3. The molecule has 0 radical (unpaired) electrons. The van der Waals surface area contributed by atoms with Crippen LogP contribution in [-0.4, -0.2) is 79.4 Å². The molecule has 7 unspecified atom stereocenters. The highest BCUT2D eigenvalue weighted by Crippen LogP contribution is 2.56. The van der Waals surface area contributed by atoms with Gasteiger partial charge in [0.15, 0.2) is 0 Å². The molecule has 6 aliphatic rings. The third-order valence-corrected chi connectivity index (χ3v) is 9.80. The van der Waals surface area contributed by atoms with Crippen molar-refractivity contribution in [3.8, 4) is 0 Å². The SMILES string of the molecule is CC1CC2C(=O)N(C3CCCC(C4(C(F)(F)C5NNCN5C)COC4)C3)CC2C(C2CC2)N1. The lowest BCUT2D eigenvalue weighted by Gasteiger charge is -2.55. The second-order valence-electron chi connectivity index (χ2n) is 11.9. The van der Waals surface area contributed by atoms with Crippen molar-refractivity contribution in [1.29, 1.82) is 0 Å². The van der Waals surface area contributed by atoms with E-state index in [-0.39, 0.29) is 37.0 Å². The lowest BCUT2D eigenvalue weighted by Crippen LogP contribution is -2.68. The van der Waals surface area contributed by atoms with E-state index in [0.717, 1.165) is 32.2 Å². The summed E-state index contributed by atoms with van der Waals surface area (Å²) >= 11 is 0. The number of carbonyl (C=O) groups excluding carboxylic acids is 1. The maximum atomic E-state index is 16.0. The fourth-order valence-electron chi connectivity index (χ4n) is 7.73. The zero-order chi connectivity index (χ0) is 23.0. The minimum atomic E-state index is -2.92. The molecule has 4 heterocycles. The van der Waals surface area contributed by atoms with E-state index in [4.69, 9.17) is 4.74 Å². The van der Waals surface area contributed by atoms with Crippen molar-refractivity contribution >= 4 is 5.91 Å². The molecule has 3 N–H and O–H groups in total. The number of carbonyl (C=O) groups is 1. The van der Waals surface area contributed by atoms with Gasteiger partial charge < -0.3 is 15.0 Å². The Bertz CT molecular complexity index is 776. The standard InChI is InChI=1S/C24H39F2N5O2/c1-14-8-18-19(20(28-14)15-6-7-15)10-31(21(18)32)17-5-3-4-16(9-17)23(11-33-12-23)24(25,26)22-29-27-13-30(22)2/h14-20,22,27-29H,3-13H2,1-2H3. The Kier molecular flexibility index (Phi) is 5.53. The maximum absolute atomic E-state index is 16.0. The van der Waals surface area contributed by atoms with Crippen LogP contribution in [0.15, 0.2) is 0 Å². The summed E-state index contributed by atoms with van der Waals surface area (Å²) in [5.74, 6) is -1.57. The van der Waals surface area contributed by atoms with Crippen LogP contribution in [0.1, 0.15) is 51.9 Å². The molecule has 4 saturated heterocycles. The highest BCUT2D eigenvalue weighted by Gasteiger charge is 2.67. The Morgan fingerprint density at radius 1 is 1.15 bits per heavy atom. The molecule has 33 heavy (non-hydrogen) atoms. The molecule has 6 rings (SSSR count). The van der Waals surface area contributed by atoms with Crippen LogP contribution in [0.4, 0.5) is 8.78 Å². The van der Waals surface area contributed by atoms with Crippen molar-refractivity contribution in [1.82, 2.24) is 26.0 Å². The zero-order valence-electron chi connectivity index (χ0n) is 19.9. The van der Waals surface area contributed by atoms with Crippen molar-refractivity contribution in [2.75, 3.05) is 33.5 Å². The van der Waals surface area contributed by atoms with E-state index >= 15 is 8.78 Å². The molecular weight excluding hydrogens is 428 g/mol. The van der Waals surface area contributed by atoms with Gasteiger partial charge in [-0.1, -0.05) is 6.42 Å². The molecule has 0 aromatic heterocycles. The van der Waals surface area contributed by atoms with E-state index in [1.54, 1.807) is 11.9 Å².